The monoisotopic (exact) mass is 478 g/mol. The molecule has 3 amide bonds. The average Bonchev–Trinajstić information content (AvgIpc) is 3.19. The smallest absolute Gasteiger partial charge is 0.255 e. The number of nitrogens with one attached hydrogen (secondary N) is 2. The number of benzene rings is 3. The maximum Gasteiger partial charge on any atom is 0.255 e. The highest BCUT2D eigenvalue weighted by molar-refractivity contribution is 8.00. The molecule has 0 radical (unpaired) electrons. The van der Waals surface area contributed by atoms with Gasteiger partial charge in [-0.3, -0.25) is 14.4 Å². The van der Waals surface area contributed by atoms with E-state index in [2.05, 4.69) is 15.7 Å². The SMILES string of the molecule is O=C(CSc1ccc(NC(=O)c2cccc(Cl)c2)cc1)NC1=NN(c2ccccc2)C(=O)C1. The fourth-order valence-corrected chi connectivity index (χ4v) is 3.97. The molecule has 0 unspecified atom stereocenters. The molecule has 2 N–H and O–H groups in total. The van der Waals surface area contributed by atoms with E-state index in [1.165, 1.54) is 16.8 Å². The zero-order chi connectivity index (χ0) is 23.2. The van der Waals surface area contributed by atoms with Crippen LogP contribution in [0.3, 0.4) is 0 Å². The van der Waals surface area contributed by atoms with Crippen LogP contribution in [0.2, 0.25) is 5.02 Å². The Bertz CT molecular complexity index is 1220. The summed E-state index contributed by atoms with van der Waals surface area (Å²) in [6, 6.07) is 22.9. The number of thioether (sulfide) groups is 1. The summed E-state index contributed by atoms with van der Waals surface area (Å²) in [7, 11) is 0. The number of rotatable bonds is 6. The Morgan fingerprint density at radius 3 is 2.45 bits per heavy atom. The number of anilines is 2. The van der Waals surface area contributed by atoms with E-state index in [-0.39, 0.29) is 29.9 Å². The van der Waals surface area contributed by atoms with E-state index < -0.39 is 0 Å². The summed E-state index contributed by atoms with van der Waals surface area (Å²) in [5, 5.41) is 11.5. The second-order valence-corrected chi connectivity index (χ2v) is 8.58. The van der Waals surface area contributed by atoms with Crippen LogP contribution in [-0.4, -0.2) is 29.3 Å². The maximum absolute atomic E-state index is 12.3. The van der Waals surface area contributed by atoms with Gasteiger partial charge in [0.2, 0.25) is 5.91 Å². The van der Waals surface area contributed by atoms with E-state index in [0.29, 0.717) is 27.8 Å². The highest BCUT2D eigenvalue weighted by atomic mass is 35.5. The molecule has 3 aromatic rings. The maximum atomic E-state index is 12.3. The fourth-order valence-electron chi connectivity index (χ4n) is 3.08. The summed E-state index contributed by atoms with van der Waals surface area (Å²) in [6.45, 7) is 0. The quantitative estimate of drug-likeness (QED) is 0.508. The van der Waals surface area contributed by atoms with Crippen molar-refractivity contribution in [3.05, 3.63) is 89.4 Å². The zero-order valence-electron chi connectivity index (χ0n) is 17.3. The molecule has 166 valence electrons. The highest BCUT2D eigenvalue weighted by Crippen LogP contribution is 2.22. The lowest BCUT2D eigenvalue weighted by Gasteiger charge is -2.10. The van der Waals surface area contributed by atoms with Crippen LogP contribution in [0.5, 0.6) is 0 Å². The summed E-state index contributed by atoms with van der Waals surface area (Å²) >= 11 is 7.27. The van der Waals surface area contributed by atoms with Crippen molar-refractivity contribution in [3.63, 3.8) is 0 Å². The van der Waals surface area contributed by atoms with Gasteiger partial charge in [0.15, 0.2) is 0 Å². The van der Waals surface area contributed by atoms with Gasteiger partial charge in [-0.05, 0) is 54.6 Å². The Hall–Kier alpha value is -3.62. The zero-order valence-corrected chi connectivity index (χ0v) is 18.9. The number of halogens is 1. The molecule has 0 aliphatic carbocycles. The predicted molar refractivity (Wildman–Crippen MR) is 131 cm³/mol. The molecule has 1 aliphatic heterocycles. The van der Waals surface area contributed by atoms with E-state index in [4.69, 9.17) is 11.6 Å². The highest BCUT2D eigenvalue weighted by Gasteiger charge is 2.26. The van der Waals surface area contributed by atoms with Crippen molar-refractivity contribution in [1.82, 2.24) is 5.32 Å². The topological polar surface area (TPSA) is 90.9 Å². The third-order valence-corrected chi connectivity index (χ3v) is 5.88. The molecular weight excluding hydrogens is 460 g/mol. The molecule has 0 saturated carbocycles. The molecule has 9 heteroatoms. The summed E-state index contributed by atoms with van der Waals surface area (Å²) in [4.78, 5) is 37.7. The van der Waals surface area contributed by atoms with Crippen molar-refractivity contribution in [2.24, 2.45) is 5.10 Å². The molecule has 1 aliphatic rings. The van der Waals surface area contributed by atoms with Gasteiger partial charge in [-0.15, -0.1) is 11.8 Å². The number of hydrazone groups is 1. The number of carbonyl (C=O) groups is 3. The molecule has 0 atom stereocenters. The van der Waals surface area contributed by atoms with E-state index in [9.17, 15) is 14.4 Å². The molecule has 0 fully saturated rings. The minimum absolute atomic E-state index is 0.0479. The van der Waals surface area contributed by atoms with Crippen molar-refractivity contribution in [2.75, 3.05) is 16.1 Å². The Labute approximate surface area is 199 Å². The van der Waals surface area contributed by atoms with Crippen LogP contribution >= 0.6 is 23.4 Å². The molecule has 33 heavy (non-hydrogen) atoms. The molecule has 7 nitrogen and oxygen atoms in total. The Balaban J connectivity index is 1.27. The summed E-state index contributed by atoms with van der Waals surface area (Å²) < 4.78 is 0. The molecular formula is C24H19ClN4O3S. The van der Waals surface area contributed by atoms with Gasteiger partial charge >= 0.3 is 0 Å². The van der Waals surface area contributed by atoms with Gasteiger partial charge in [-0.1, -0.05) is 35.9 Å². The van der Waals surface area contributed by atoms with E-state index in [1.807, 2.05) is 30.3 Å². The summed E-state index contributed by atoms with van der Waals surface area (Å²) in [5.41, 5.74) is 1.76. The lowest BCUT2D eigenvalue weighted by molar-refractivity contribution is -0.117. The van der Waals surface area contributed by atoms with Gasteiger partial charge in [0.05, 0.1) is 17.9 Å². The number of para-hydroxylation sites is 1. The van der Waals surface area contributed by atoms with Crippen LogP contribution in [0.25, 0.3) is 0 Å². The summed E-state index contributed by atoms with van der Waals surface area (Å²) in [6.07, 6.45) is 0.0479. The van der Waals surface area contributed by atoms with Crippen LogP contribution in [0.4, 0.5) is 11.4 Å². The third kappa shape index (κ3) is 6.00. The van der Waals surface area contributed by atoms with Gasteiger partial charge < -0.3 is 10.6 Å². The number of amides is 3. The molecule has 1 heterocycles. The van der Waals surface area contributed by atoms with Crippen LogP contribution in [0, 0.1) is 0 Å². The molecule has 4 rings (SSSR count). The van der Waals surface area contributed by atoms with Crippen LogP contribution < -0.4 is 15.6 Å². The normalized spacial score (nSPS) is 12.9. The van der Waals surface area contributed by atoms with Gasteiger partial charge in [0, 0.05) is 21.2 Å². The van der Waals surface area contributed by atoms with Crippen LogP contribution in [-0.2, 0) is 9.59 Å². The van der Waals surface area contributed by atoms with Crippen molar-refractivity contribution < 1.29 is 14.4 Å². The van der Waals surface area contributed by atoms with E-state index >= 15 is 0 Å². The van der Waals surface area contributed by atoms with Crippen molar-refractivity contribution in [2.45, 2.75) is 11.3 Å². The van der Waals surface area contributed by atoms with Gasteiger partial charge in [0.1, 0.15) is 5.84 Å². The molecule has 0 aromatic heterocycles. The Kier molecular flexibility index (Phi) is 7.07. The molecule has 0 saturated heterocycles. The molecule has 3 aromatic carbocycles. The number of carbonyl (C=O) groups excluding carboxylic acids is 3. The lowest BCUT2D eigenvalue weighted by Crippen LogP contribution is -2.31. The minimum Gasteiger partial charge on any atom is -0.322 e. The average molecular weight is 479 g/mol. The van der Waals surface area contributed by atoms with Crippen LogP contribution in [0.1, 0.15) is 16.8 Å². The van der Waals surface area contributed by atoms with E-state index in [1.54, 1.807) is 48.5 Å². The Morgan fingerprint density at radius 1 is 0.970 bits per heavy atom. The second-order valence-electron chi connectivity index (χ2n) is 7.09. The number of amidine groups is 1. The molecule has 0 spiro atoms. The number of hydrogen-bond acceptors (Lipinski definition) is 5. The first kappa shape index (κ1) is 22.6. The van der Waals surface area contributed by atoms with Crippen molar-refractivity contribution >= 4 is 58.3 Å². The van der Waals surface area contributed by atoms with Crippen LogP contribution in [0.15, 0.2) is 88.9 Å². The fraction of sp³-hybridized carbons (Fsp3) is 0.0833. The van der Waals surface area contributed by atoms with Crippen molar-refractivity contribution in [3.8, 4) is 0 Å². The van der Waals surface area contributed by atoms with Gasteiger partial charge in [-0.25, -0.2) is 0 Å². The predicted octanol–water partition coefficient (Wildman–Crippen LogP) is 4.55. The standard InChI is InChI=1S/C24H19ClN4O3S/c25-17-6-4-5-16(13-17)24(32)26-18-9-11-20(12-10-18)33-15-22(30)27-21-14-23(31)29(28-21)19-7-2-1-3-8-19/h1-13H,14-15H2,(H,26,32)(H,27,28,30). The lowest BCUT2D eigenvalue weighted by atomic mass is 10.2. The first-order valence-electron chi connectivity index (χ1n) is 10.0. The third-order valence-electron chi connectivity index (χ3n) is 4.63. The minimum atomic E-state index is -0.256. The summed E-state index contributed by atoms with van der Waals surface area (Å²) in [5.74, 6) is -0.214. The largest absolute Gasteiger partial charge is 0.322 e. The molecule has 0 bridgehead atoms. The second kappa shape index (κ2) is 10.3. The first-order valence-corrected chi connectivity index (χ1v) is 11.4. The van der Waals surface area contributed by atoms with E-state index in [0.717, 1.165) is 4.90 Å². The van der Waals surface area contributed by atoms with Gasteiger partial charge in [0.25, 0.3) is 11.8 Å². The van der Waals surface area contributed by atoms with Crippen molar-refractivity contribution in [1.29, 1.82) is 0 Å². The number of hydrogen-bond donors (Lipinski definition) is 2. The van der Waals surface area contributed by atoms with Gasteiger partial charge in [-0.2, -0.15) is 10.1 Å². The first-order chi connectivity index (χ1) is 16.0. The Morgan fingerprint density at radius 2 is 1.73 bits per heavy atom. The number of nitrogens with zero attached hydrogens (tertiary/aromatic N) is 2.